The number of aromatic amines is 1. The summed E-state index contributed by atoms with van der Waals surface area (Å²) < 4.78 is 1.01. The summed E-state index contributed by atoms with van der Waals surface area (Å²) in [5.41, 5.74) is -0.465. The third-order valence-electron chi connectivity index (χ3n) is 6.35. The van der Waals surface area contributed by atoms with Crippen molar-refractivity contribution < 1.29 is 4.79 Å². The van der Waals surface area contributed by atoms with Crippen molar-refractivity contribution in [2.75, 3.05) is 26.7 Å². The number of nitrogens with one attached hydrogen (secondary N) is 1. The van der Waals surface area contributed by atoms with E-state index in [1.54, 1.807) is 36.2 Å². The number of aromatic nitrogens is 2. The normalized spacial score (nSPS) is 22.8. The summed E-state index contributed by atoms with van der Waals surface area (Å²) in [6.07, 6.45) is 6.04. The van der Waals surface area contributed by atoms with Gasteiger partial charge in [0.25, 0.3) is 5.56 Å². The lowest BCUT2D eigenvalue weighted by Crippen LogP contribution is -2.51. The molecule has 2 aliphatic rings. The predicted octanol–water partition coefficient (Wildman–Crippen LogP) is 1.41. The van der Waals surface area contributed by atoms with Gasteiger partial charge in [-0.2, -0.15) is 0 Å². The first-order valence-electron chi connectivity index (χ1n) is 10.2. The van der Waals surface area contributed by atoms with Crippen LogP contribution in [0.4, 0.5) is 0 Å². The molecule has 2 saturated heterocycles. The van der Waals surface area contributed by atoms with Gasteiger partial charge in [-0.3, -0.25) is 14.2 Å². The molecule has 0 radical (unpaired) electrons. The van der Waals surface area contributed by atoms with Gasteiger partial charge in [-0.05, 0) is 56.8 Å². The lowest BCUT2D eigenvalue weighted by atomic mass is 9.83. The van der Waals surface area contributed by atoms with Crippen LogP contribution in [0.5, 0.6) is 0 Å². The molecule has 0 bridgehead atoms. The number of benzene rings is 1. The van der Waals surface area contributed by atoms with E-state index >= 15 is 0 Å². The third kappa shape index (κ3) is 3.63. The van der Waals surface area contributed by atoms with E-state index in [0.717, 1.165) is 11.0 Å². The van der Waals surface area contributed by atoms with Crippen LogP contribution in [0.2, 0.25) is 0 Å². The fraction of sp³-hybridized carbons (Fsp3) is 0.571. The van der Waals surface area contributed by atoms with Gasteiger partial charge in [0, 0.05) is 19.6 Å². The smallest absolute Gasteiger partial charge is 0.329 e. The van der Waals surface area contributed by atoms with Crippen molar-refractivity contribution in [1.82, 2.24) is 19.4 Å². The molecular weight excluding hydrogens is 356 g/mol. The predicted molar refractivity (Wildman–Crippen MR) is 108 cm³/mol. The van der Waals surface area contributed by atoms with Crippen LogP contribution in [0.1, 0.15) is 32.1 Å². The molecule has 7 nitrogen and oxygen atoms in total. The molecule has 4 rings (SSSR count). The zero-order chi connectivity index (χ0) is 19.7. The lowest BCUT2D eigenvalue weighted by Gasteiger charge is -2.45. The van der Waals surface area contributed by atoms with Gasteiger partial charge in [0.15, 0.2) is 0 Å². The van der Waals surface area contributed by atoms with Gasteiger partial charge >= 0.3 is 5.69 Å². The Labute approximate surface area is 163 Å². The topological polar surface area (TPSA) is 78.4 Å². The number of para-hydroxylation sites is 1. The summed E-state index contributed by atoms with van der Waals surface area (Å²) in [6.45, 7) is 2.79. The number of rotatable bonds is 4. The molecule has 0 saturated carbocycles. The molecule has 150 valence electrons. The number of hydrogen-bond acceptors (Lipinski definition) is 4. The molecule has 0 spiro atoms. The Bertz CT molecular complexity index is 978. The zero-order valence-electron chi connectivity index (χ0n) is 16.4. The van der Waals surface area contributed by atoms with Gasteiger partial charge in [0.2, 0.25) is 5.91 Å². The highest BCUT2D eigenvalue weighted by Gasteiger charge is 2.34. The highest BCUT2D eigenvalue weighted by Crippen LogP contribution is 2.31. The van der Waals surface area contributed by atoms with E-state index in [4.69, 9.17) is 0 Å². The molecule has 1 aromatic heterocycles. The summed E-state index contributed by atoms with van der Waals surface area (Å²) in [5, 5.41) is 0.419. The van der Waals surface area contributed by atoms with Gasteiger partial charge in [0.1, 0.15) is 6.54 Å². The number of piperidine rings is 2. The van der Waals surface area contributed by atoms with Gasteiger partial charge < -0.3 is 14.8 Å². The highest BCUT2D eigenvalue weighted by atomic mass is 16.2. The van der Waals surface area contributed by atoms with Crippen LogP contribution >= 0.6 is 0 Å². The minimum absolute atomic E-state index is 0.198. The van der Waals surface area contributed by atoms with E-state index in [1.165, 1.54) is 38.8 Å². The molecule has 2 fully saturated rings. The standard InChI is InChI=1S/C21H28N4O3/c1-23(13-15-7-6-12-24-11-5-4-10-18(15)24)19(26)14-25-20(27)16-8-2-3-9-17(16)22-21(25)28/h2-3,8-9,15,18H,4-7,10-14H2,1H3,(H,22,28)/t15-,18-/m0/s1. The Balaban J connectivity index is 1.48. The minimum atomic E-state index is -0.540. The number of H-pyrrole nitrogens is 1. The second-order valence-electron chi connectivity index (χ2n) is 8.14. The molecule has 1 aromatic carbocycles. The van der Waals surface area contributed by atoms with Gasteiger partial charge in [-0.25, -0.2) is 4.79 Å². The van der Waals surface area contributed by atoms with Crippen LogP contribution in [0.15, 0.2) is 33.9 Å². The monoisotopic (exact) mass is 384 g/mol. The zero-order valence-corrected chi connectivity index (χ0v) is 16.4. The maximum Gasteiger partial charge on any atom is 0.329 e. The SMILES string of the molecule is CN(C[C@@H]1CCCN2CCCC[C@@H]12)C(=O)Cn1c(=O)[nH]c2ccccc2c1=O. The first-order valence-corrected chi connectivity index (χ1v) is 10.2. The second kappa shape index (κ2) is 7.91. The first kappa shape index (κ1) is 18.9. The fourth-order valence-electron chi connectivity index (χ4n) is 4.84. The van der Waals surface area contributed by atoms with E-state index in [2.05, 4.69) is 9.88 Å². The molecule has 2 aromatic rings. The number of nitrogens with zero attached hydrogens (tertiary/aromatic N) is 3. The van der Waals surface area contributed by atoms with Crippen molar-refractivity contribution in [3.63, 3.8) is 0 Å². The van der Waals surface area contributed by atoms with Crippen LogP contribution in [-0.4, -0.2) is 58.0 Å². The van der Waals surface area contributed by atoms with Gasteiger partial charge in [0.05, 0.1) is 10.9 Å². The number of likely N-dealkylation sites (N-methyl/N-ethyl adjacent to an activating group) is 1. The number of hydrogen-bond donors (Lipinski definition) is 1. The van der Waals surface area contributed by atoms with E-state index in [1.807, 2.05) is 0 Å². The molecule has 7 heteroatoms. The summed E-state index contributed by atoms with van der Waals surface area (Å²) in [5.74, 6) is 0.269. The lowest BCUT2D eigenvalue weighted by molar-refractivity contribution is -0.131. The van der Waals surface area contributed by atoms with Crippen molar-refractivity contribution in [1.29, 1.82) is 0 Å². The Hall–Kier alpha value is -2.41. The molecule has 0 aliphatic carbocycles. The van der Waals surface area contributed by atoms with Gasteiger partial charge in [-0.1, -0.05) is 18.6 Å². The summed E-state index contributed by atoms with van der Waals surface area (Å²) in [6, 6.07) is 7.43. The second-order valence-corrected chi connectivity index (χ2v) is 8.14. The number of amides is 1. The Morgan fingerprint density at radius 2 is 1.93 bits per heavy atom. The molecular formula is C21H28N4O3. The van der Waals surface area contributed by atoms with Gasteiger partial charge in [-0.15, -0.1) is 0 Å². The molecule has 28 heavy (non-hydrogen) atoms. The third-order valence-corrected chi connectivity index (χ3v) is 6.35. The summed E-state index contributed by atoms with van der Waals surface area (Å²) in [7, 11) is 1.78. The van der Waals surface area contributed by atoms with Crippen molar-refractivity contribution in [2.45, 2.75) is 44.7 Å². The van der Waals surface area contributed by atoms with E-state index < -0.39 is 11.2 Å². The molecule has 2 aliphatic heterocycles. The molecule has 1 amide bonds. The van der Waals surface area contributed by atoms with Crippen LogP contribution in [0, 0.1) is 5.92 Å². The first-order chi connectivity index (χ1) is 13.5. The fourth-order valence-corrected chi connectivity index (χ4v) is 4.84. The van der Waals surface area contributed by atoms with Crippen molar-refractivity contribution >= 4 is 16.8 Å². The number of fused-ring (bicyclic) bond motifs is 2. The summed E-state index contributed by atoms with van der Waals surface area (Å²) >= 11 is 0. The Morgan fingerprint density at radius 1 is 1.14 bits per heavy atom. The average molecular weight is 384 g/mol. The molecule has 2 atom stereocenters. The molecule has 3 heterocycles. The maximum atomic E-state index is 12.8. The van der Waals surface area contributed by atoms with Crippen LogP contribution < -0.4 is 11.2 Å². The average Bonchev–Trinajstić information content (AvgIpc) is 2.71. The number of carbonyl (C=O) groups excluding carboxylic acids is 1. The van der Waals surface area contributed by atoms with E-state index in [-0.39, 0.29) is 12.5 Å². The quantitative estimate of drug-likeness (QED) is 0.865. The largest absolute Gasteiger partial charge is 0.344 e. The maximum absolute atomic E-state index is 12.8. The molecule has 1 N–H and O–H groups in total. The van der Waals surface area contributed by atoms with Crippen LogP contribution in [0.3, 0.4) is 0 Å². The number of carbonyl (C=O) groups is 1. The van der Waals surface area contributed by atoms with E-state index in [9.17, 15) is 14.4 Å². The highest BCUT2D eigenvalue weighted by molar-refractivity contribution is 5.78. The summed E-state index contributed by atoms with van der Waals surface area (Å²) in [4.78, 5) is 44.7. The van der Waals surface area contributed by atoms with Crippen LogP contribution in [-0.2, 0) is 11.3 Å². The Morgan fingerprint density at radius 3 is 2.79 bits per heavy atom. The van der Waals surface area contributed by atoms with Crippen molar-refractivity contribution in [3.8, 4) is 0 Å². The van der Waals surface area contributed by atoms with Crippen LogP contribution in [0.25, 0.3) is 10.9 Å². The van der Waals surface area contributed by atoms with Crippen molar-refractivity contribution in [3.05, 3.63) is 45.1 Å². The molecule has 0 unspecified atom stereocenters. The Kier molecular flexibility index (Phi) is 5.35. The van der Waals surface area contributed by atoms with E-state index in [0.29, 0.717) is 29.4 Å². The minimum Gasteiger partial charge on any atom is -0.344 e. The van der Waals surface area contributed by atoms with Crippen molar-refractivity contribution in [2.24, 2.45) is 5.92 Å².